The van der Waals surface area contributed by atoms with Gasteiger partial charge in [-0.05, 0) is 18.2 Å². The van der Waals surface area contributed by atoms with Crippen LogP contribution in [-0.2, 0) is 14.6 Å². The summed E-state index contributed by atoms with van der Waals surface area (Å²) >= 11 is 0. The topological polar surface area (TPSA) is 136 Å². The molecule has 2 atom stereocenters. The molecule has 122 valence electrons. The highest BCUT2D eigenvalue weighted by atomic mass is 32.2. The van der Waals surface area contributed by atoms with Gasteiger partial charge in [-0.15, -0.1) is 0 Å². The molecule has 0 spiro atoms. The van der Waals surface area contributed by atoms with Gasteiger partial charge in [0.05, 0.1) is 35.5 Å². The fraction of sp³-hybridized carbons (Fsp3) is 0.462. The number of carbonyl (C=O) groups is 1. The van der Waals surface area contributed by atoms with Crippen molar-refractivity contribution in [2.45, 2.75) is 23.5 Å². The minimum absolute atomic E-state index is 0.132. The molecule has 1 aromatic rings. The Bertz CT molecular complexity index is 676. The molecule has 0 aromatic heterocycles. The monoisotopic (exact) mass is 329 g/mol. The van der Waals surface area contributed by atoms with E-state index in [-0.39, 0.29) is 24.1 Å². The maximum Gasteiger partial charge on any atom is 0.404 e. The molecule has 1 aromatic carbocycles. The SMILES string of the molecule is CS(=O)(=O)c1ccc(N)c(N2C[C@@H](OC(N)=O)C[C@H]2CO)c1. The van der Waals surface area contributed by atoms with Crippen LogP contribution in [0.4, 0.5) is 16.2 Å². The van der Waals surface area contributed by atoms with Crippen molar-refractivity contribution < 1.29 is 23.1 Å². The van der Waals surface area contributed by atoms with Crippen LogP contribution in [0.5, 0.6) is 0 Å². The van der Waals surface area contributed by atoms with Gasteiger partial charge in [0.1, 0.15) is 6.10 Å². The molecule has 5 N–H and O–H groups in total. The van der Waals surface area contributed by atoms with Gasteiger partial charge >= 0.3 is 6.09 Å². The van der Waals surface area contributed by atoms with Crippen LogP contribution in [-0.4, -0.2) is 51.2 Å². The van der Waals surface area contributed by atoms with E-state index in [9.17, 15) is 18.3 Å². The second-order valence-corrected chi connectivity index (χ2v) is 7.29. The molecule has 0 radical (unpaired) electrons. The van der Waals surface area contributed by atoms with E-state index in [1.54, 1.807) is 4.90 Å². The third kappa shape index (κ3) is 3.42. The van der Waals surface area contributed by atoms with Crippen LogP contribution in [0.2, 0.25) is 0 Å². The standard InChI is InChI=1S/C13H19N3O5S/c1-22(19,20)10-2-3-11(14)12(5-10)16-6-9(21-13(15)18)4-8(16)7-17/h2-3,5,8-9,17H,4,6-7,14H2,1H3,(H2,15,18)/t8-,9-/m0/s1. The Morgan fingerprint density at radius 3 is 2.73 bits per heavy atom. The number of rotatable bonds is 4. The number of ether oxygens (including phenoxy) is 1. The normalized spacial score (nSPS) is 21.8. The Labute approximate surface area is 128 Å². The molecule has 22 heavy (non-hydrogen) atoms. The van der Waals surface area contributed by atoms with Gasteiger partial charge in [-0.1, -0.05) is 0 Å². The quantitative estimate of drug-likeness (QED) is 0.645. The molecule has 1 aliphatic rings. The van der Waals surface area contributed by atoms with E-state index in [1.807, 2.05) is 0 Å². The van der Waals surface area contributed by atoms with Gasteiger partial charge in [-0.3, -0.25) is 0 Å². The highest BCUT2D eigenvalue weighted by Gasteiger charge is 2.35. The second kappa shape index (κ2) is 6.01. The Balaban J connectivity index is 2.35. The molecular weight excluding hydrogens is 310 g/mol. The van der Waals surface area contributed by atoms with E-state index >= 15 is 0 Å². The van der Waals surface area contributed by atoms with Gasteiger partial charge in [-0.2, -0.15) is 0 Å². The number of hydrogen-bond donors (Lipinski definition) is 3. The lowest BCUT2D eigenvalue weighted by molar-refractivity contribution is 0.114. The number of nitrogens with zero attached hydrogens (tertiary/aromatic N) is 1. The maximum absolute atomic E-state index is 11.7. The first-order chi connectivity index (χ1) is 10.2. The molecule has 8 nitrogen and oxygen atoms in total. The first-order valence-corrected chi connectivity index (χ1v) is 8.54. The van der Waals surface area contributed by atoms with Crippen LogP contribution in [0.25, 0.3) is 0 Å². The number of amides is 1. The van der Waals surface area contributed by atoms with Gasteiger partial charge in [0.2, 0.25) is 0 Å². The number of aliphatic hydroxyl groups excluding tert-OH is 1. The summed E-state index contributed by atoms with van der Waals surface area (Å²) in [5.41, 5.74) is 11.8. The summed E-state index contributed by atoms with van der Waals surface area (Å²) < 4.78 is 28.3. The van der Waals surface area contributed by atoms with E-state index in [4.69, 9.17) is 16.2 Å². The third-order valence-electron chi connectivity index (χ3n) is 3.61. The van der Waals surface area contributed by atoms with Crippen LogP contribution in [0.15, 0.2) is 23.1 Å². The third-order valence-corrected chi connectivity index (χ3v) is 4.72. The lowest BCUT2D eigenvalue weighted by Crippen LogP contribution is -2.33. The van der Waals surface area contributed by atoms with Gasteiger partial charge in [0.25, 0.3) is 0 Å². The van der Waals surface area contributed by atoms with Gasteiger partial charge < -0.3 is 26.2 Å². The Kier molecular flexibility index (Phi) is 4.47. The predicted molar refractivity (Wildman–Crippen MR) is 81.3 cm³/mol. The van der Waals surface area contributed by atoms with Gasteiger partial charge in [0, 0.05) is 12.7 Å². The number of benzene rings is 1. The summed E-state index contributed by atoms with van der Waals surface area (Å²) in [6.45, 7) is 0.104. The molecule has 0 unspecified atom stereocenters. The van der Waals surface area contributed by atoms with Crippen LogP contribution >= 0.6 is 0 Å². The van der Waals surface area contributed by atoms with E-state index < -0.39 is 22.0 Å². The van der Waals surface area contributed by atoms with Crippen molar-refractivity contribution in [1.29, 1.82) is 0 Å². The molecule has 1 fully saturated rings. The van der Waals surface area contributed by atoms with Gasteiger partial charge in [-0.25, -0.2) is 13.2 Å². The zero-order valence-corrected chi connectivity index (χ0v) is 12.9. The number of hydrogen-bond acceptors (Lipinski definition) is 7. The zero-order chi connectivity index (χ0) is 16.5. The Morgan fingerprint density at radius 2 is 2.18 bits per heavy atom. The molecule has 1 aliphatic heterocycles. The van der Waals surface area contributed by atoms with Crippen LogP contribution in [0.1, 0.15) is 6.42 Å². The number of nitrogens with two attached hydrogens (primary N) is 2. The minimum Gasteiger partial charge on any atom is -0.444 e. The number of primary amides is 1. The Hall–Kier alpha value is -2.00. The molecule has 1 heterocycles. The number of anilines is 2. The second-order valence-electron chi connectivity index (χ2n) is 5.28. The summed E-state index contributed by atoms with van der Waals surface area (Å²) in [6.07, 6.45) is 0.133. The first kappa shape index (κ1) is 16.4. The van der Waals surface area contributed by atoms with Crippen molar-refractivity contribution in [1.82, 2.24) is 0 Å². The molecule has 0 aliphatic carbocycles. The summed E-state index contributed by atoms with van der Waals surface area (Å²) in [4.78, 5) is 12.7. The van der Waals surface area contributed by atoms with Crippen molar-refractivity contribution in [3.63, 3.8) is 0 Å². The maximum atomic E-state index is 11.7. The number of sulfone groups is 1. The largest absolute Gasteiger partial charge is 0.444 e. The van der Waals surface area contributed by atoms with Crippen LogP contribution in [0.3, 0.4) is 0 Å². The fourth-order valence-corrected chi connectivity index (χ4v) is 3.24. The van der Waals surface area contributed by atoms with Crippen molar-refractivity contribution in [3.8, 4) is 0 Å². The predicted octanol–water partition coefficient (Wildman–Crippen LogP) is -0.293. The fourth-order valence-electron chi connectivity index (χ4n) is 2.59. The molecule has 2 rings (SSSR count). The summed E-state index contributed by atoms with van der Waals surface area (Å²) in [5, 5.41) is 9.50. The van der Waals surface area contributed by atoms with Gasteiger partial charge in [0.15, 0.2) is 9.84 Å². The zero-order valence-electron chi connectivity index (χ0n) is 12.1. The Morgan fingerprint density at radius 1 is 1.50 bits per heavy atom. The molecular formula is C13H19N3O5S. The molecule has 1 saturated heterocycles. The highest BCUT2D eigenvalue weighted by molar-refractivity contribution is 7.90. The van der Waals surface area contributed by atoms with Crippen molar-refractivity contribution in [2.24, 2.45) is 5.73 Å². The highest BCUT2D eigenvalue weighted by Crippen LogP contribution is 2.33. The summed E-state index contributed by atoms with van der Waals surface area (Å²) in [7, 11) is -3.38. The lowest BCUT2D eigenvalue weighted by atomic mass is 10.2. The average molecular weight is 329 g/mol. The lowest BCUT2D eigenvalue weighted by Gasteiger charge is -2.26. The average Bonchev–Trinajstić information content (AvgIpc) is 2.79. The van der Waals surface area contributed by atoms with Crippen LogP contribution < -0.4 is 16.4 Å². The summed E-state index contributed by atoms with van der Waals surface area (Å²) in [5.74, 6) is 0. The van der Waals surface area contributed by atoms with Crippen LogP contribution in [0, 0.1) is 0 Å². The molecule has 0 bridgehead atoms. The molecule has 1 amide bonds. The smallest absolute Gasteiger partial charge is 0.404 e. The van der Waals surface area contributed by atoms with E-state index in [1.165, 1.54) is 18.2 Å². The number of aliphatic hydroxyl groups is 1. The van der Waals surface area contributed by atoms with E-state index in [0.29, 0.717) is 17.8 Å². The molecule has 9 heteroatoms. The summed E-state index contributed by atoms with van der Waals surface area (Å²) in [6, 6.07) is 4.05. The van der Waals surface area contributed by atoms with Crippen molar-refractivity contribution in [3.05, 3.63) is 18.2 Å². The first-order valence-electron chi connectivity index (χ1n) is 6.65. The number of carbonyl (C=O) groups excluding carboxylic acids is 1. The minimum atomic E-state index is -3.38. The van der Waals surface area contributed by atoms with Crippen molar-refractivity contribution in [2.75, 3.05) is 30.0 Å². The van der Waals surface area contributed by atoms with E-state index in [0.717, 1.165) is 6.26 Å². The molecule has 0 saturated carbocycles. The van der Waals surface area contributed by atoms with E-state index in [2.05, 4.69) is 0 Å². The number of nitrogen functional groups attached to an aromatic ring is 1. The van der Waals surface area contributed by atoms with Crippen molar-refractivity contribution >= 4 is 27.3 Å².